The minimum absolute atomic E-state index is 0.456. The highest BCUT2D eigenvalue weighted by Crippen LogP contribution is 2.31. The zero-order chi connectivity index (χ0) is 12.5. The molecule has 3 rings (SSSR count). The first-order chi connectivity index (χ1) is 8.75. The molecule has 1 aliphatic carbocycles. The Bertz CT molecular complexity index is 388. The maximum absolute atomic E-state index is 4.45. The van der Waals surface area contributed by atoms with Gasteiger partial charge in [0.05, 0.1) is 5.69 Å². The van der Waals surface area contributed by atoms with Crippen molar-refractivity contribution < 1.29 is 0 Å². The number of hydrogen-bond acceptors (Lipinski definition) is 3. The highest BCUT2D eigenvalue weighted by atomic mass is 15.3. The highest BCUT2D eigenvalue weighted by molar-refractivity contribution is 5.04. The van der Waals surface area contributed by atoms with Crippen LogP contribution < -0.4 is 5.32 Å². The molecule has 1 unspecified atom stereocenters. The van der Waals surface area contributed by atoms with Gasteiger partial charge in [-0.3, -0.25) is 9.58 Å². The first kappa shape index (κ1) is 12.2. The number of rotatable bonds is 5. The summed E-state index contributed by atoms with van der Waals surface area (Å²) >= 11 is 0. The van der Waals surface area contributed by atoms with Gasteiger partial charge in [-0.15, -0.1) is 0 Å². The van der Waals surface area contributed by atoms with Crippen LogP contribution in [0.3, 0.4) is 0 Å². The molecular weight excluding hydrogens is 224 g/mol. The summed E-state index contributed by atoms with van der Waals surface area (Å²) in [6.07, 6.45) is 6.00. The van der Waals surface area contributed by atoms with E-state index in [0.717, 1.165) is 25.2 Å². The molecule has 1 aromatic heterocycles. The molecule has 0 amide bonds. The third kappa shape index (κ3) is 2.45. The Morgan fingerprint density at radius 1 is 1.39 bits per heavy atom. The van der Waals surface area contributed by atoms with Gasteiger partial charge in [0.15, 0.2) is 0 Å². The Morgan fingerprint density at radius 3 is 2.83 bits per heavy atom. The molecule has 1 atom stereocenters. The molecule has 100 valence electrons. The lowest BCUT2D eigenvalue weighted by Crippen LogP contribution is -2.38. The van der Waals surface area contributed by atoms with Gasteiger partial charge in [0.25, 0.3) is 0 Å². The molecule has 2 heterocycles. The van der Waals surface area contributed by atoms with Crippen LogP contribution in [0, 0.1) is 0 Å². The normalized spacial score (nSPS) is 24.3. The van der Waals surface area contributed by atoms with Gasteiger partial charge in [-0.25, -0.2) is 0 Å². The summed E-state index contributed by atoms with van der Waals surface area (Å²) in [5, 5.41) is 7.94. The number of hydrogen-bond donors (Lipinski definition) is 1. The fourth-order valence-corrected chi connectivity index (χ4v) is 3.00. The second-order valence-electron chi connectivity index (χ2n) is 5.91. The molecule has 1 N–H and O–H groups in total. The molecule has 1 aliphatic heterocycles. The highest BCUT2D eigenvalue weighted by Gasteiger charge is 2.35. The summed E-state index contributed by atoms with van der Waals surface area (Å²) in [6.45, 7) is 7.81. The van der Waals surface area contributed by atoms with Crippen molar-refractivity contribution in [3.63, 3.8) is 0 Å². The van der Waals surface area contributed by atoms with Gasteiger partial charge in [0.2, 0.25) is 0 Å². The molecule has 4 heteroatoms. The molecule has 4 nitrogen and oxygen atoms in total. The van der Waals surface area contributed by atoms with E-state index in [4.69, 9.17) is 0 Å². The lowest BCUT2D eigenvalue weighted by molar-refractivity contribution is 0.182. The van der Waals surface area contributed by atoms with Gasteiger partial charge in [0, 0.05) is 37.4 Å². The molecule has 1 saturated heterocycles. The second-order valence-corrected chi connectivity index (χ2v) is 5.91. The van der Waals surface area contributed by atoms with Crippen molar-refractivity contribution in [2.75, 3.05) is 13.1 Å². The van der Waals surface area contributed by atoms with E-state index in [1.54, 1.807) is 0 Å². The lowest BCUT2D eigenvalue weighted by atomic mass is 10.2. The van der Waals surface area contributed by atoms with E-state index in [0.29, 0.717) is 6.04 Å². The summed E-state index contributed by atoms with van der Waals surface area (Å²) in [4.78, 5) is 2.70. The molecule has 18 heavy (non-hydrogen) atoms. The van der Waals surface area contributed by atoms with Crippen molar-refractivity contribution >= 4 is 0 Å². The first-order valence-electron chi connectivity index (χ1n) is 7.24. The molecule has 0 aromatic carbocycles. The van der Waals surface area contributed by atoms with Crippen LogP contribution in [0.25, 0.3) is 0 Å². The molecule has 2 fully saturated rings. The Morgan fingerprint density at radius 2 is 2.22 bits per heavy atom. The predicted molar refractivity (Wildman–Crippen MR) is 72.5 cm³/mol. The number of nitrogens with one attached hydrogen (secondary N) is 1. The van der Waals surface area contributed by atoms with E-state index in [9.17, 15) is 0 Å². The molecule has 0 radical (unpaired) electrons. The van der Waals surface area contributed by atoms with Crippen LogP contribution in [-0.4, -0.2) is 39.9 Å². The number of aromatic nitrogens is 2. The average molecular weight is 248 g/mol. The van der Waals surface area contributed by atoms with Crippen molar-refractivity contribution in [1.29, 1.82) is 0 Å². The van der Waals surface area contributed by atoms with E-state index in [1.165, 1.54) is 31.5 Å². The van der Waals surface area contributed by atoms with Crippen LogP contribution >= 0.6 is 0 Å². The summed E-state index contributed by atoms with van der Waals surface area (Å²) in [7, 11) is 0. The predicted octanol–water partition coefficient (Wildman–Crippen LogP) is 1.79. The van der Waals surface area contributed by atoms with E-state index >= 15 is 0 Å². The van der Waals surface area contributed by atoms with Crippen LogP contribution in [0.2, 0.25) is 0 Å². The monoisotopic (exact) mass is 248 g/mol. The zero-order valence-electron chi connectivity index (χ0n) is 11.5. The van der Waals surface area contributed by atoms with Crippen molar-refractivity contribution in [3.05, 3.63) is 18.0 Å². The Balaban J connectivity index is 1.73. The molecule has 0 spiro atoms. The summed E-state index contributed by atoms with van der Waals surface area (Å²) in [5.41, 5.74) is 1.36. The molecule has 1 saturated carbocycles. The van der Waals surface area contributed by atoms with Crippen molar-refractivity contribution in [2.24, 2.45) is 0 Å². The van der Waals surface area contributed by atoms with Crippen LogP contribution in [-0.2, 0) is 6.54 Å². The third-order valence-electron chi connectivity index (χ3n) is 4.11. The minimum Gasteiger partial charge on any atom is -0.315 e. The minimum atomic E-state index is 0.456. The molecular formula is C14H24N4. The Labute approximate surface area is 109 Å². The van der Waals surface area contributed by atoms with Gasteiger partial charge in [0.1, 0.15) is 0 Å². The Kier molecular flexibility index (Phi) is 3.39. The Hall–Kier alpha value is -0.870. The fourth-order valence-electron chi connectivity index (χ4n) is 3.00. The lowest BCUT2D eigenvalue weighted by Gasteiger charge is -2.28. The quantitative estimate of drug-likeness (QED) is 0.862. The van der Waals surface area contributed by atoms with Gasteiger partial charge in [-0.2, -0.15) is 5.10 Å². The van der Waals surface area contributed by atoms with Crippen molar-refractivity contribution in [3.8, 4) is 0 Å². The van der Waals surface area contributed by atoms with E-state index in [-0.39, 0.29) is 0 Å². The van der Waals surface area contributed by atoms with E-state index in [2.05, 4.69) is 39.9 Å². The molecule has 1 aromatic rings. The fraction of sp³-hybridized carbons (Fsp3) is 0.786. The smallest absolute Gasteiger partial charge is 0.0527 e. The maximum atomic E-state index is 4.45. The number of nitrogens with zero attached hydrogens (tertiary/aromatic N) is 3. The van der Waals surface area contributed by atoms with Gasteiger partial charge < -0.3 is 5.32 Å². The molecule has 0 bridgehead atoms. The van der Waals surface area contributed by atoms with Crippen molar-refractivity contribution in [2.45, 2.75) is 57.8 Å². The van der Waals surface area contributed by atoms with Crippen molar-refractivity contribution in [1.82, 2.24) is 20.0 Å². The van der Waals surface area contributed by atoms with E-state index in [1.807, 2.05) is 6.20 Å². The maximum Gasteiger partial charge on any atom is 0.0527 e. The van der Waals surface area contributed by atoms with Gasteiger partial charge in [-0.1, -0.05) is 0 Å². The van der Waals surface area contributed by atoms with Crippen LogP contribution in [0.1, 0.15) is 44.8 Å². The van der Waals surface area contributed by atoms with Crippen LogP contribution in [0.5, 0.6) is 0 Å². The SMILES string of the molecule is CC(C)n1nccc1CN(C1CC1)C1CCNC1. The van der Waals surface area contributed by atoms with Crippen LogP contribution in [0.15, 0.2) is 12.3 Å². The first-order valence-corrected chi connectivity index (χ1v) is 7.24. The van der Waals surface area contributed by atoms with Gasteiger partial charge in [-0.05, 0) is 45.7 Å². The summed E-state index contributed by atoms with van der Waals surface area (Å²) in [5.74, 6) is 0. The van der Waals surface area contributed by atoms with E-state index < -0.39 is 0 Å². The third-order valence-corrected chi connectivity index (χ3v) is 4.11. The summed E-state index contributed by atoms with van der Waals surface area (Å²) in [6, 6.07) is 4.19. The van der Waals surface area contributed by atoms with Gasteiger partial charge >= 0.3 is 0 Å². The molecule has 2 aliphatic rings. The van der Waals surface area contributed by atoms with Crippen LogP contribution in [0.4, 0.5) is 0 Å². The standard InChI is InChI=1S/C14H24N4/c1-11(2)18-14(6-8-16-18)10-17(12-3-4-12)13-5-7-15-9-13/h6,8,11-13,15H,3-5,7,9-10H2,1-2H3. The second kappa shape index (κ2) is 5.02. The zero-order valence-corrected chi connectivity index (χ0v) is 11.5. The summed E-state index contributed by atoms with van der Waals surface area (Å²) < 4.78 is 2.16. The topological polar surface area (TPSA) is 33.1 Å². The largest absolute Gasteiger partial charge is 0.315 e. The average Bonchev–Trinajstić information content (AvgIpc) is 2.88.